The van der Waals surface area contributed by atoms with Crippen molar-refractivity contribution >= 4 is 33.5 Å². The van der Waals surface area contributed by atoms with Crippen LogP contribution < -0.4 is 0 Å². The summed E-state index contributed by atoms with van der Waals surface area (Å²) in [4.78, 5) is 27.1. The summed E-state index contributed by atoms with van der Waals surface area (Å²) in [6, 6.07) is 0. The highest BCUT2D eigenvalue weighted by Crippen LogP contribution is 2.20. The Morgan fingerprint density at radius 1 is 0.840 bits per heavy atom. The van der Waals surface area contributed by atoms with Gasteiger partial charge in [-0.1, -0.05) is 28.5 Å². The van der Waals surface area contributed by atoms with Crippen LogP contribution in [0.25, 0.3) is 0 Å². The summed E-state index contributed by atoms with van der Waals surface area (Å²) >= 11 is 0. The molecule has 0 atom stereocenters. The third-order valence-corrected chi connectivity index (χ3v) is 5.57. The number of carbonyl (C=O) groups is 2. The van der Waals surface area contributed by atoms with Crippen LogP contribution in [0.2, 0.25) is 0 Å². The SMILES string of the molecule is CCCC(=O)OCCSSCCOC(=O)CCN(C)CCCN(C)C. The number of ether oxygens (including phenoxy) is 2. The Balaban J connectivity index is 3.39. The molecular weight excluding hydrogens is 360 g/mol. The van der Waals surface area contributed by atoms with E-state index in [0.717, 1.165) is 44.0 Å². The van der Waals surface area contributed by atoms with Gasteiger partial charge in [0, 0.05) is 24.5 Å². The van der Waals surface area contributed by atoms with Gasteiger partial charge >= 0.3 is 11.9 Å². The highest BCUT2D eigenvalue weighted by molar-refractivity contribution is 8.76. The number of hydrogen-bond acceptors (Lipinski definition) is 8. The van der Waals surface area contributed by atoms with Gasteiger partial charge in [-0.2, -0.15) is 0 Å². The molecule has 0 aromatic carbocycles. The van der Waals surface area contributed by atoms with Crippen LogP contribution in [-0.4, -0.2) is 87.2 Å². The third kappa shape index (κ3) is 18.2. The van der Waals surface area contributed by atoms with Crippen LogP contribution in [-0.2, 0) is 19.1 Å². The first-order valence-corrected chi connectivity index (χ1v) is 11.3. The fourth-order valence-electron chi connectivity index (χ4n) is 1.90. The molecule has 0 aromatic rings. The summed E-state index contributed by atoms with van der Waals surface area (Å²) in [6.07, 6.45) is 2.83. The minimum atomic E-state index is -0.140. The smallest absolute Gasteiger partial charge is 0.307 e. The fraction of sp³-hybridized carbons (Fsp3) is 0.882. The summed E-state index contributed by atoms with van der Waals surface area (Å²) in [7, 11) is 9.42. The standard InChI is InChI=1S/C17H34N2O4S2/c1-5-7-16(20)22-12-14-24-25-15-13-23-17(21)8-11-19(4)10-6-9-18(2)3/h5-15H2,1-4H3. The lowest BCUT2D eigenvalue weighted by Crippen LogP contribution is -2.26. The van der Waals surface area contributed by atoms with E-state index in [2.05, 4.69) is 23.9 Å². The Kier molecular flexibility index (Phi) is 16.7. The second-order valence-corrected chi connectivity index (χ2v) is 8.75. The molecule has 0 saturated heterocycles. The number of carbonyl (C=O) groups excluding carboxylic acids is 2. The molecule has 0 spiro atoms. The highest BCUT2D eigenvalue weighted by Gasteiger charge is 2.06. The maximum atomic E-state index is 11.7. The monoisotopic (exact) mass is 394 g/mol. The summed E-state index contributed by atoms with van der Waals surface area (Å²) in [6.45, 7) is 5.60. The van der Waals surface area contributed by atoms with Gasteiger partial charge in [0.15, 0.2) is 0 Å². The van der Waals surface area contributed by atoms with Gasteiger partial charge in [0.25, 0.3) is 0 Å². The number of hydrogen-bond donors (Lipinski definition) is 0. The molecule has 0 unspecified atom stereocenters. The molecule has 0 aliphatic rings. The van der Waals surface area contributed by atoms with E-state index in [4.69, 9.17) is 9.47 Å². The van der Waals surface area contributed by atoms with Crippen LogP contribution >= 0.6 is 21.6 Å². The molecule has 0 aliphatic carbocycles. The van der Waals surface area contributed by atoms with Gasteiger partial charge in [-0.05, 0) is 47.1 Å². The molecule has 25 heavy (non-hydrogen) atoms. The van der Waals surface area contributed by atoms with E-state index >= 15 is 0 Å². The average molecular weight is 395 g/mol. The first-order valence-electron chi connectivity index (χ1n) is 8.84. The first kappa shape index (κ1) is 24.6. The van der Waals surface area contributed by atoms with E-state index in [1.807, 2.05) is 14.0 Å². The van der Waals surface area contributed by atoms with Gasteiger partial charge in [-0.3, -0.25) is 9.59 Å². The van der Waals surface area contributed by atoms with Crippen molar-refractivity contribution in [1.29, 1.82) is 0 Å². The van der Waals surface area contributed by atoms with Crippen LogP contribution in [0.15, 0.2) is 0 Å². The molecule has 0 saturated carbocycles. The molecule has 0 N–H and O–H groups in total. The Hall–Kier alpha value is -0.440. The van der Waals surface area contributed by atoms with E-state index in [-0.39, 0.29) is 11.9 Å². The molecule has 0 amide bonds. The molecule has 0 aliphatic heterocycles. The lowest BCUT2D eigenvalue weighted by Gasteiger charge is -2.17. The lowest BCUT2D eigenvalue weighted by atomic mass is 10.3. The zero-order chi connectivity index (χ0) is 18.9. The Bertz CT molecular complexity index is 358. The number of esters is 2. The Morgan fingerprint density at radius 2 is 1.40 bits per heavy atom. The highest BCUT2D eigenvalue weighted by atomic mass is 33.1. The second kappa shape index (κ2) is 17.0. The number of nitrogens with zero attached hydrogens (tertiary/aromatic N) is 2. The minimum absolute atomic E-state index is 0.131. The van der Waals surface area contributed by atoms with Crippen LogP contribution in [0.5, 0.6) is 0 Å². The van der Waals surface area contributed by atoms with E-state index in [1.54, 1.807) is 21.6 Å². The molecule has 0 bridgehead atoms. The van der Waals surface area contributed by atoms with Gasteiger partial charge in [-0.15, -0.1) is 0 Å². The summed E-state index contributed by atoms with van der Waals surface area (Å²) in [5, 5.41) is 0. The van der Waals surface area contributed by atoms with Gasteiger partial charge in [0.1, 0.15) is 13.2 Å². The van der Waals surface area contributed by atoms with E-state index in [9.17, 15) is 9.59 Å². The van der Waals surface area contributed by atoms with Crippen molar-refractivity contribution < 1.29 is 19.1 Å². The van der Waals surface area contributed by atoms with Crippen molar-refractivity contribution in [3.8, 4) is 0 Å². The molecule has 148 valence electrons. The van der Waals surface area contributed by atoms with Crippen molar-refractivity contribution in [1.82, 2.24) is 9.80 Å². The maximum Gasteiger partial charge on any atom is 0.307 e. The van der Waals surface area contributed by atoms with Gasteiger partial charge < -0.3 is 19.3 Å². The Morgan fingerprint density at radius 3 is 1.92 bits per heavy atom. The van der Waals surface area contributed by atoms with E-state index in [0.29, 0.717) is 26.1 Å². The summed E-state index contributed by atoms with van der Waals surface area (Å²) < 4.78 is 10.3. The van der Waals surface area contributed by atoms with Gasteiger partial charge in [0.05, 0.1) is 6.42 Å². The molecule has 0 radical (unpaired) electrons. The van der Waals surface area contributed by atoms with E-state index in [1.165, 1.54) is 0 Å². The second-order valence-electron chi connectivity index (χ2n) is 6.04. The molecular formula is C17H34N2O4S2. The normalized spacial score (nSPS) is 11.1. The van der Waals surface area contributed by atoms with Crippen molar-refractivity contribution in [2.24, 2.45) is 0 Å². The van der Waals surface area contributed by atoms with Crippen LogP contribution in [0, 0.1) is 0 Å². The van der Waals surface area contributed by atoms with Crippen molar-refractivity contribution in [3.05, 3.63) is 0 Å². The average Bonchev–Trinajstić information content (AvgIpc) is 2.55. The zero-order valence-corrected chi connectivity index (χ0v) is 17.8. The van der Waals surface area contributed by atoms with Crippen molar-refractivity contribution in [2.45, 2.75) is 32.6 Å². The summed E-state index contributed by atoms with van der Waals surface area (Å²) in [5.74, 6) is 1.23. The predicted molar refractivity (Wildman–Crippen MR) is 107 cm³/mol. The molecule has 0 heterocycles. The lowest BCUT2D eigenvalue weighted by molar-refractivity contribution is -0.144. The minimum Gasteiger partial charge on any atom is -0.465 e. The van der Waals surface area contributed by atoms with E-state index < -0.39 is 0 Å². The maximum absolute atomic E-state index is 11.7. The molecule has 8 heteroatoms. The number of rotatable bonds is 16. The van der Waals surface area contributed by atoms with Gasteiger partial charge in [0.2, 0.25) is 0 Å². The molecule has 6 nitrogen and oxygen atoms in total. The molecule has 0 aromatic heterocycles. The zero-order valence-electron chi connectivity index (χ0n) is 16.1. The topological polar surface area (TPSA) is 59.1 Å². The van der Waals surface area contributed by atoms with Crippen LogP contribution in [0.3, 0.4) is 0 Å². The van der Waals surface area contributed by atoms with Crippen molar-refractivity contribution in [2.75, 3.05) is 65.5 Å². The quantitative estimate of drug-likeness (QED) is 0.225. The van der Waals surface area contributed by atoms with Gasteiger partial charge in [-0.25, -0.2) is 0 Å². The summed E-state index contributed by atoms with van der Waals surface area (Å²) in [5.41, 5.74) is 0. The van der Waals surface area contributed by atoms with Crippen LogP contribution in [0.1, 0.15) is 32.6 Å². The largest absolute Gasteiger partial charge is 0.465 e. The Labute approximate surface area is 160 Å². The molecule has 0 rings (SSSR count). The third-order valence-electron chi connectivity index (χ3n) is 3.24. The predicted octanol–water partition coefficient (Wildman–Crippen LogP) is 2.53. The fourth-order valence-corrected chi connectivity index (χ4v) is 3.55. The molecule has 0 fully saturated rings. The van der Waals surface area contributed by atoms with Crippen molar-refractivity contribution in [3.63, 3.8) is 0 Å². The van der Waals surface area contributed by atoms with Crippen LogP contribution in [0.4, 0.5) is 0 Å². The first-order chi connectivity index (χ1) is 12.0.